The number of rotatable bonds is 2. The van der Waals surface area contributed by atoms with E-state index < -0.39 is 0 Å². The lowest BCUT2D eigenvalue weighted by molar-refractivity contribution is 0.400. The van der Waals surface area contributed by atoms with Gasteiger partial charge in [0.2, 0.25) is 0 Å². The second kappa shape index (κ2) is 4.22. The average Bonchev–Trinajstić information content (AvgIpc) is 2.26. The molecule has 0 saturated heterocycles. The molecule has 2 N–H and O–H groups in total. The fraction of sp³-hybridized carbons (Fsp3) is 0.154. The molecule has 4 heteroatoms. The van der Waals surface area contributed by atoms with Crippen molar-refractivity contribution < 1.29 is 14.6 Å². The van der Waals surface area contributed by atoms with Crippen molar-refractivity contribution in [1.82, 2.24) is 0 Å². The maximum absolute atomic E-state index is 9.82. The second-order valence-corrected chi connectivity index (χ2v) is 4.24. The molecule has 0 amide bonds. The number of hydrogen-bond donors (Lipinski definition) is 2. The zero-order valence-electron chi connectivity index (χ0n) is 9.36. The molecule has 0 atom stereocenters. The summed E-state index contributed by atoms with van der Waals surface area (Å²) in [5.41, 5.74) is 1.91. The van der Waals surface area contributed by atoms with Gasteiger partial charge in [0.15, 0.2) is 16.2 Å². The van der Waals surface area contributed by atoms with Crippen LogP contribution in [0.5, 0.6) is 11.5 Å². The zero-order valence-corrected chi connectivity index (χ0v) is 10.2. The van der Waals surface area contributed by atoms with Gasteiger partial charge in [-0.3, -0.25) is 0 Å². The highest BCUT2D eigenvalue weighted by Gasteiger charge is 2.14. The van der Waals surface area contributed by atoms with Gasteiger partial charge in [-0.1, -0.05) is 6.08 Å². The van der Waals surface area contributed by atoms with Crippen LogP contribution in [0.1, 0.15) is 11.1 Å². The number of aromatic hydroxyl groups is 2. The Morgan fingerprint density at radius 2 is 2.12 bits per heavy atom. The first kappa shape index (κ1) is 11.7. The van der Waals surface area contributed by atoms with Crippen molar-refractivity contribution in [3.8, 4) is 11.5 Å². The van der Waals surface area contributed by atoms with Crippen LogP contribution in [-0.2, 0) is 6.42 Å². The van der Waals surface area contributed by atoms with Crippen molar-refractivity contribution >= 4 is 23.2 Å². The number of phenolic OH excluding ortho intramolecular Hbond substituents is 2. The fourth-order valence-corrected chi connectivity index (χ4v) is 2.08. The number of fused-ring (bicyclic) bond motifs is 1. The Balaban J connectivity index is 2.97. The lowest BCUT2D eigenvalue weighted by Gasteiger charge is -2.09. The molecule has 0 bridgehead atoms. The van der Waals surface area contributed by atoms with E-state index in [1.54, 1.807) is 12.1 Å². The van der Waals surface area contributed by atoms with Crippen LogP contribution in [0.4, 0.5) is 0 Å². The zero-order chi connectivity index (χ0) is 12.6. The molecule has 2 rings (SSSR count). The van der Waals surface area contributed by atoms with E-state index >= 15 is 0 Å². The first-order valence-electron chi connectivity index (χ1n) is 5.13. The molecule has 1 aromatic heterocycles. The summed E-state index contributed by atoms with van der Waals surface area (Å²) >= 11 is 5.01. The average molecular weight is 248 g/mol. The van der Waals surface area contributed by atoms with Gasteiger partial charge in [-0.05, 0) is 43.3 Å². The maximum Gasteiger partial charge on any atom is 0.191 e. The molecule has 0 fully saturated rings. The van der Waals surface area contributed by atoms with Gasteiger partial charge >= 0.3 is 0 Å². The lowest BCUT2D eigenvalue weighted by atomic mass is 10.0. The van der Waals surface area contributed by atoms with E-state index in [4.69, 9.17) is 16.6 Å². The molecule has 0 aliphatic carbocycles. The Kier molecular flexibility index (Phi) is 2.90. The van der Waals surface area contributed by atoms with Gasteiger partial charge in [0.05, 0.1) is 0 Å². The Morgan fingerprint density at radius 3 is 2.76 bits per heavy atom. The third-order valence-corrected chi connectivity index (χ3v) is 2.84. The highest BCUT2D eigenvalue weighted by atomic mass is 32.1. The van der Waals surface area contributed by atoms with Crippen LogP contribution < -0.4 is 0 Å². The van der Waals surface area contributed by atoms with E-state index in [0.29, 0.717) is 22.3 Å². The van der Waals surface area contributed by atoms with Crippen molar-refractivity contribution in [2.24, 2.45) is 0 Å². The Labute approximate surface area is 104 Å². The largest absolute Gasteiger partial charge is 0.504 e. The fourth-order valence-electron chi connectivity index (χ4n) is 1.82. The summed E-state index contributed by atoms with van der Waals surface area (Å²) in [7, 11) is 0. The van der Waals surface area contributed by atoms with E-state index in [1.807, 2.05) is 6.92 Å². The van der Waals surface area contributed by atoms with Gasteiger partial charge in [-0.2, -0.15) is 0 Å². The standard InChI is InChI=1S/C13H12O3S/c1-3-4-8-12(15)10(14)6-9-7(2)5-11(17)16-13(8)9/h3,5-6,14-15H,1,4H2,2H3. The normalized spacial score (nSPS) is 10.6. The third kappa shape index (κ3) is 1.91. The lowest BCUT2D eigenvalue weighted by Crippen LogP contribution is -1.89. The minimum atomic E-state index is -0.179. The number of benzene rings is 1. The van der Waals surface area contributed by atoms with Crippen LogP contribution in [0.15, 0.2) is 29.2 Å². The molecular weight excluding hydrogens is 236 g/mol. The number of hydrogen-bond acceptors (Lipinski definition) is 4. The molecule has 0 radical (unpaired) electrons. The summed E-state index contributed by atoms with van der Waals surface area (Å²) in [6.07, 6.45) is 2.04. The van der Waals surface area contributed by atoms with Crippen molar-refractivity contribution in [3.63, 3.8) is 0 Å². The Bertz CT molecular complexity index is 656. The molecule has 2 aromatic rings. The van der Waals surface area contributed by atoms with E-state index in [-0.39, 0.29) is 11.5 Å². The van der Waals surface area contributed by atoms with Crippen molar-refractivity contribution in [1.29, 1.82) is 0 Å². The molecule has 0 unspecified atom stereocenters. The number of allylic oxidation sites excluding steroid dienone is 1. The maximum atomic E-state index is 9.82. The summed E-state index contributed by atoms with van der Waals surface area (Å²) in [5, 5.41) is 20.2. The van der Waals surface area contributed by atoms with E-state index in [0.717, 1.165) is 10.9 Å². The quantitative estimate of drug-likeness (QED) is 0.484. The summed E-state index contributed by atoms with van der Waals surface area (Å²) in [4.78, 5) is 0. The number of aryl methyl sites for hydroxylation is 1. The van der Waals surface area contributed by atoms with Gasteiger partial charge in [0.25, 0.3) is 0 Å². The molecule has 1 heterocycles. The van der Waals surface area contributed by atoms with E-state index in [2.05, 4.69) is 6.58 Å². The molecule has 88 valence electrons. The van der Waals surface area contributed by atoms with Crippen molar-refractivity contribution in [3.05, 3.63) is 40.6 Å². The molecule has 0 aliphatic heterocycles. The summed E-state index contributed by atoms with van der Waals surface area (Å²) in [6, 6.07) is 3.19. The van der Waals surface area contributed by atoms with Crippen LogP contribution in [0.25, 0.3) is 11.0 Å². The summed E-state index contributed by atoms with van der Waals surface area (Å²) in [6.45, 7) is 5.49. The van der Waals surface area contributed by atoms with Gasteiger partial charge < -0.3 is 14.6 Å². The van der Waals surface area contributed by atoms with Crippen molar-refractivity contribution in [2.45, 2.75) is 13.3 Å². The van der Waals surface area contributed by atoms with Crippen molar-refractivity contribution in [2.75, 3.05) is 0 Å². The predicted molar refractivity (Wildman–Crippen MR) is 69.0 cm³/mol. The molecule has 0 saturated carbocycles. The molecule has 3 nitrogen and oxygen atoms in total. The monoisotopic (exact) mass is 248 g/mol. The SMILES string of the molecule is C=CCc1c(O)c(O)cc2c(C)cc(=S)oc12. The summed E-state index contributed by atoms with van der Waals surface area (Å²) in [5.74, 6) is -0.342. The first-order chi connectivity index (χ1) is 8.04. The van der Waals surface area contributed by atoms with Gasteiger partial charge in [0.1, 0.15) is 5.58 Å². The molecule has 1 aromatic carbocycles. The highest BCUT2D eigenvalue weighted by Crippen LogP contribution is 2.37. The minimum absolute atomic E-state index is 0.162. The second-order valence-electron chi connectivity index (χ2n) is 3.84. The Morgan fingerprint density at radius 1 is 1.41 bits per heavy atom. The van der Waals surface area contributed by atoms with Gasteiger partial charge in [0, 0.05) is 10.9 Å². The minimum Gasteiger partial charge on any atom is -0.504 e. The summed E-state index contributed by atoms with van der Waals surface area (Å²) < 4.78 is 5.81. The van der Waals surface area contributed by atoms with Crippen LogP contribution in [0, 0.1) is 11.6 Å². The van der Waals surface area contributed by atoms with Crippen LogP contribution >= 0.6 is 12.2 Å². The van der Waals surface area contributed by atoms with Crippen LogP contribution in [-0.4, -0.2) is 10.2 Å². The van der Waals surface area contributed by atoms with Gasteiger partial charge in [-0.15, -0.1) is 6.58 Å². The van der Waals surface area contributed by atoms with Crippen LogP contribution in [0.3, 0.4) is 0 Å². The van der Waals surface area contributed by atoms with Crippen LogP contribution in [0.2, 0.25) is 0 Å². The Hall–Kier alpha value is -1.81. The first-order valence-corrected chi connectivity index (χ1v) is 5.54. The van der Waals surface area contributed by atoms with E-state index in [9.17, 15) is 10.2 Å². The molecule has 0 aliphatic rings. The molecule has 17 heavy (non-hydrogen) atoms. The highest BCUT2D eigenvalue weighted by molar-refractivity contribution is 7.71. The number of phenols is 2. The topological polar surface area (TPSA) is 53.6 Å². The van der Waals surface area contributed by atoms with E-state index in [1.165, 1.54) is 6.07 Å². The molecule has 0 spiro atoms. The van der Waals surface area contributed by atoms with Gasteiger partial charge in [-0.25, -0.2) is 0 Å². The smallest absolute Gasteiger partial charge is 0.191 e. The predicted octanol–water partition coefficient (Wildman–Crippen LogP) is 3.61. The molecular formula is C13H12O3S. The third-order valence-electron chi connectivity index (χ3n) is 2.64.